The molecule has 0 aliphatic carbocycles. The van der Waals surface area contributed by atoms with E-state index in [2.05, 4.69) is 0 Å². The van der Waals surface area contributed by atoms with Crippen LogP contribution in [0.3, 0.4) is 0 Å². The normalized spacial score (nSPS) is 11.2. The number of sulfone groups is 1. The Kier molecular flexibility index (Phi) is 3.96. The smallest absolute Gasteiger partial charge is 0.318 e. The van der Waals surface area contributed by atoms with Crippen molar-refractivity contribution in [3.63, 3.8) is 0 Å². The highest BCUT2D eigenvalue weighted by atomic mass is 32.2. The van der Waals surface area contributed by atoms with Crippen LogP contribution in [0.2, 0.25) is 0 Å². The molecule has 0 unspecified atom stereocenters. The summed E-state index contributed by atoms with van der Waals surface area (Å²) in [6.45, 7) is 0. The number of halogens is 1. The second kappa shape index (κ2) is 5.08. The standard InChI is InChI=1S/C9H8FNO6S/c10-7-3-6(1-2-8(7)11(14)15)4-18(16,17)5-9(12)13/h1-3H,4-5H2,(H,12,13). The van der Waals surface area contributed by atoms with E-state index in [1.807, 2.05) is 0 Å². The highest BCUT2D eigenvalue weighted by molar-refractivity contribution is 7.91. The highest BCUT2D eigenvalue weighted by Crippen LogP contribution is 2.19. The minimum Gasteiger partial charge on any atom is -0.480 e. The molecular formula is C9H8FNO6S. The maximum Gasteiger partial charge on any atom is 0.318 e. The van der Waals surface area contributed by atoms with Gasteiger partial charge in [0.1, 0.15) is 5.75 Å². The maximum atomic E-state index is 13.2. The van der Waals surface area contributed by atoms with Crippen molar-refractivity contribution in [1.29, 1.82) is 0 Å². The molecule has 1 rings (SSSR count). The van der Waals surface area contributed by atoms with Crippen LogP contribution in [-0.4, -0.2) is 30.2 Å². The molecular weight excluding hydrogens is 269 g/mol. The van der Waals surface area contributed by atoms with Gasteiger partial charge in [-0.15, -0.1) is 0 Å². The van der Waals surface area contributed by atoms with Crippen molar-refractivity contribution >= 4 is 21.5 Å². The Balaban J connectivity index is 2.97. The molecule has 0 amide bonds. The van der Waals surface area contributed by atoms with Crippen LogP contribution in [0.25, 0.3) is 0 Å². The van der Waals surface area contributed by atoms with Crippen molar-refractivity contribution in [3.05, 3.63) is 39.7 Å². The van der Waals surface area contributed by atoms with E-state index in [1.165, 1.54) is 0 Å². The molecule has 0 fully saturated rings. The van der Waals surface area contributed by atoms with Gasteiger partial charge in [-0.05, 0) is 11.6 Å². The summed E-state index contributed by atoms with van der Waals surface area (Å²) in [5, 5.41) is 18.7. The summed E-state index contributed by atoms with van der Waals surface area (Å²) in [5.41, 5.74) is -0.811. The van der Waals surface area contributed by atoms with Crippen molar-refractivity contribution in [1.82, 2.24) is 0 Å². The van der Waals surface area contributed by atoms with Crippen LogP contribution in [0, 0.1) is 15.9 Å². The predicted molar refractivity (Wildman–Crippen MR) is 58.2 cm³/mol. The second-order valence-electron chi connectivity index (χ2n) is 3.47. The third kappa shape index (κ3) is 3.77. The molecule has 0 saturated carbocycles. The van der Waals surface area contributed by atoms with Gasteiger partial charge in [0.25, 0.3) is 0 Å². The van der Waals surface area contributed by atoms with Crippen LogP contribution < -0.4 is 0 Å². The summed E-state index contributed by atoms with van der Waals surface area (Å²) in [6, 6.07) is 2.61. The van der Waals surface area contributed by atoms with E-state index in [9.17, 15) is 27.7 Å². The van der Waals surface area contributed by atoms with Gasteiger partial charge >= 0.3 is 11.7 Å². The number of benzene rings is 1. The van der Waals surface area contributed by atoms with Crippen LogP contribution in [0.5, 0.6) is 0 Å². The summed E-state index contributed by atoms with van der Waals surface area (Å²) in [7, 11) is -3.92. The fourth-order valence-electron chi connectivity index (χ4n) is 1.28. The topological polar surface area (TPSA) is 115 Å². The Bertz CT molecular complexity index is 597. The lowest BCUT2D eigenvalue weighted by atomic mass is 10.2. The molecule has 1 aromatic rings. The fourth-order valence-corrected chi connectivity index (χ4v) is 2.45. The van der Waals surface area contributed by atoms with Crippen LogP contribution in [0.15, 0.2) is 18.2 Å². The number of hydrogen-bond donors (Lipinski definition) is 1. The Labute approximate surface area is 101 Å². The fraction of sp³-hybridized carbons (Fsp3) is 0.222. The van der Waals surface area contributed by atoms with Crippen LogP contribution >= 0.6 is 0 Å². The number of nitro groups is 1. The summed E-state index contributed by atoms with van der Waals surface area (Å²) < 4.78 is 35.8. The number of aliphatic carboxylic acids is 1. The van der Waals surface area contributed by atoms with Gasteiger partial charge in [0, 0.05) is 6.07 Å². The van der Waals surface area contributed by atoms with E-state index in [4.69, 9.17) is 5.11 Å². The minimum absolute atomic E-state index is 0.0423. The molecule has 0 radical (unpaired) electrons. The molecule has 0 aromatic heterocycles. The molecule has 7 nitrogen and oxygen atoms in total. The molecule has 0 spiro atoms. The Morgan fingerprint density at radius 1 is 1.44 bits per heavy atom. The largest absolute Gasteiger partial charge is 0.480 e. The molecule has 0 aliphatic rings. The van der Waals surface area contributed by atoms with Gasteiger partial charge in [-0.3, -0.25) is 14.9 Å². The van der Waals surface area contributed by atoms with Crippen LogP contribution in [0.1, 0.15) is 5.56 Å². The molecule has 0 heterocycles. The third-order valence-electron chi connectivity index (χ3n) is 1.94. The number of nitrogens with zero attached hydrogens (tertiary/aromatic N) is 1. The Hall–Kier alpha value is -2.03. The molecule has 18 heavy (non-hydrogen) atoms. The first-order valence-electron chi connectivity index (χ1n) is 4.56. The summed E-state index contributed by atoms with van der Waals surface area (Å²) in [5.74, 6) is -4.44. The SMILES string of the molecule is O=C(O)CS(=O)(=O)Cc1ccc([N+](=O)[O-])c(F)c1. The summed E-state index contributed by atoms with van der Waals surface area (Å²) in [4.78, 5) is 19.7. The number of rotatable bonds is 5. The van der Waals surface area contributed by atoms with E-state index >= 15 is 0 Å². The lowest BCUT2D eigenvalue weighted by molar-refractivity contribution is -0.387. The van der Waals surface area contributed by atoms with Gasteiger partial charge in [0.15, 0.2) is 9.84 Å². The van der Waals surface area contributed by atoms with Crippen LogP contribution in [-0.2, 0) is 20.4 Å². The molecule has 0 bridgehead atoms. The van der Waals surface area contributed by atoms with Gasteiger partial charge in [0.2, 0.25) is 5.82 Å². The van der Waals surface area contributed by atoms with Gasteiger partial charge in [-0.25, -0.2) is 8.42 Å². The van der Waals surface area contributed by atoms with Crippen LogP contribution in [0.4, 0.5) is 10.1 Å². The molecule has 1 aromatic carbocycles. The average molecular weight is 277 g/mol. The molecule has 0 atom stereocenters. The molecule has 98 valence electrons. The zero-order valence-electron chi connectivity index (χ0n) is 8.87. The lowest BCUT2D eigenvalue weighted by Gasteiger charge is -2.02. The monoisotopic (exact) mass is 277 g/mol. The number of carboxylic acid groups (broad SMARTS) is 1. The Morgan fingerprint density at radius 2 is 2.06 bits per heavy atom. The summed E-state index contributed by atoms with van der Waals surface area (Å²) >= 11 is 0. The third-order valence-corrected chi connectivity index (χ3v) is 3.40. The molecule has 9 heteroatoms. The van der Waals surface area contributed by atoms with Gasteiger partial charge in [-0.2, -0.15) is 4.39 Å². The minimum atomic E-state index is -3.92. The molecule has 0 aliphatic heterocycles. The average Bonchev–Trinajstić information content (AvgIpc) is 2.13. The predicted octanol–water partition coefficient (Wildman–Crippen LogP) is 0.733. The quantitative estimate of drug-likeness (QED) is 0.626. The van der Waals surface area contributed by atoms with Gasteiger partial charge < -0.3 is 5.11 Å². The van der Waals surface area contributed by atoms with Crippen molar-refractivity contribution in [3.8, 4) is 0 Å². The highest BCUT2D eigenvalue weighted by Gasteiger charge is 2.19. The molecule has 0 saturated heterocycles. The lowest BCUT2D eigenvalue weighted by Crippen LogP contribution is -2.17. The van der Waals surface area contributed by atoms with Crippen molar-refractivity contribution < 1.29 is 27.6 Å². The second-order valence-corrected chi connectivity index (χ2v) is 5.53. The van der Waals surface area contributed by atoms with E-state index in [0.29, 0.717) is 6.07 Å². The maximum absolute atomic E-state index is 13.2. The van der Waals surface area contributed by atoms with Crippen molar-refractivity contribution in [2.45, 2.75) is 5.75 Å². The van der Waals surface area contributed by atoms with E-state index in [-0.39, 0.29) is 5.56 Å². The first-order chi connectivity index (χ1) is 8.21. The first kappa shape index (κ1) is 14.0. The molecule has 1 N–H and O–H groups in total. The Morgan fingerprint density at radius 3 is 2.50 bits per heavy atom. The van der Waals surface area contributed by atoms with Gasteiger partial charge in [0.05, 0.1) is 10.7 Å². The zero-order chi connectivity index (χ0) is 13.9. The number of carbonyl (C=O) groups is 1. The number of hydrogen-bond acceptors (Lipinski definition) is 5. The zero-order valence-corrected chi connectivity index (χ0v) is 9.68. The van der Waals surface area contributed by atoms with E-state index in [0.717, 1.165) is 12.1 Å². The first-order valence-corrected chi connectivity index (χ1v) is 6.38. The van der Waals surface area contributed by atoms with E-state index < -0.39 is 43.7 Å². The van der Waals surface area contributed by atoms with Gasteiger partial charge in [-0.1, -0.05) is 6.07 Å². The van der Waals surface area contributed by atoms with Crippen molar-refractivity contribution in [2.75, 3.05) is 5.75 Å². The van der Waals surface area contributed by atoms with E-state index in [1.54, 1.807) is 0 Å². The number of carboxylic acids is 1. The van der Waals surface area contributed by atoms with Crippen molar-refractivity contribution in [2.24, 2.45) is 0 Å². The number of nitro benzene ring substituents is 1. The summed E-state index contributed by atoms with van der Waals surface area (Å²) in [6.07, 6.45) is 0.